The Kier molecular flexibility index (Phi) is 10.1. The minimum absolute atomic E-state index is 0.117. The molecule has 2 aromatic heterocycles. The van der Waals surface area contributed by atoms with Gasteiger partial charge in [0.25, 0.3) is 0 Å². The van der Waals surface area contributed by atoms with Gasteiger partial charge in [-0.1, -0.05) is 32.0 Å². The van der Waals surface area contributed by atoms with Gasteiger partial charge in [0.1, 0.15) is 35.6 Å². The summed E-state index contributed by atoms with van der Waals surface area (Å²) >= 11 is 0. The Labute approximate surface area is 331 Å². The van der Waals surface area contributed by atoms with Crippen LogP contribution in [0.15, 0.2) is 48.7 Å². The summed E-state index contributed by atoms with van der Waals surface area (Å²) in [6, 6.07) is 13.5. The molecule has 0 saturated carbocycles. The third-order valence-electron chi connectivity index (χ3n) is 11.2. The number of fused-ring (bicyclic) bond motifs is 6. The number of nitrogens with one attached hydrogen (secondary N) is 3. The summed E-state index contributed by atoms with van der Waals surface area (Å²) < 4.78 is 22.4. The van der Waals surface area contributed by atoms with Gasteiger partial charge in [0.15, 0.2) is 0 Å². The van der Waals surface area contributed by atoms with Crippen molar-refractivity contribution in [3.8, 4) is 28.1 Å². The Morgan fingerprint density at radius 1 is 1.00 bits per heavy atom. The van der Waals surface area contributed by atoms with E-state index in [1.165, 1.54) is 7.11 Å². The molecule has 0 radical (unpaired) electrons. The van der Waals surface area contributed by atoms with Crippen LogP contribution >= 0.6 is 0 Å². The Morgan fingerprint density at radius 3 is 2.58 bits per heavy atom. The lowest BCUT2D eigenvalue weighted by atomic mass is 9.92. The first-order valence-electron chi connectivity index (χ1n) is 19.7. The molecule has 3 aliphatic rings. The van der Waals surface area contributed by atoms with Crippen molar-refractivity contribution < 1.29 is 33.3 Å². The van der Waals surface area contributed by atoms with E-state index in [0.717, 1.165) is 86.4 Å². The molecule has 3 aliphatic heterocycles. The average Bonchev–Trinajstić information content (AvgIpc) is 4.01. The van der Waals surface area contributed by atoms with Crippen LogP contribution in [0.5, 0.6) is 5.75 Å². The smallest absolute Gasteiger partial charge is 0.410 e. The van der Waals surface area contributed by atoms with Crippen LogP contribution in [0.4, 0.5) is 9.59 Å². The number of nitrogens with zero attached hydrogens (tertiary/aromatic N) is 4. The summed E-state index contributed by atoms with van der Waals surface area (Å²) in [7, 11) is 2.97. The lowest BCUT2D eigenvalue weighted by Gasteiger charge is -2.29. The number of imidazole rings is 2. The van der Waals surface area contributed by atoms with Crippen LogP contribution < -0.4 is 10.1 Å². The Bertz CT molecular complexity index is 2340. The van der Waals surface area contributed by atoms with Gasteiger partial charge in [-0.25, -0.2) is 19.6 Å². The predicted octanol–water partition coefficient (Wildman–Crippen LogP) is 7.65. The molecule has 2 saturated heterocycles. The van der Waals surface area contributed by atoms with Crippen molar-refractivity contribution in [2.24, 2.45) is 11.8 Å². The predicted molar refractivity (Wildman–Crippen MR) is 214 cm³/mol. The van der Waals surface area contributed by atoms with Gasteiger partial charge in [-0.15, -0.1) is 0 Å². The molecule has 8 rings (SSSR count). The van der Waals surface area contributed by atoms with Gasteiger partial charge >= 0.3 is 12.2 Å². The number of hydrogen-bond acceptors (Lipinski definition) is 9. The number of aromatic amines is 2. The molecular weight excluding hydrogens is 727 g/mol. The lowest BCUT2D eigenvalue weighted by Crippen LogP contribution is -2.51. The normalized spacial score (nSPS) is 19.8. The second-order valence-corrected chi connectivity index (χ2v) is 16.7. The number of benzene rings is 3. The zero-order valence-corrected chi connectivity index (χ0v) is 33.6. The van der Waals surface area contributed by atoms with Gasteiger partial charge in [0, 0.05) is 37.1 Å². The maximum atomic E-state index is 13.7. The highest BCUT2D eigenvalue weighted by Gasteiger charge is 2.40. The molecule has 57 heavy (non-hydrogen) atoms. The highest BCUT2D eigenvalue weighted by molar-refractivity contribution is 6.07. The zero-order valence-electron chi connectivity index (χ0n) is 33.6. The summed E-state index contributed by atoms with van der Waals surface area (Å²) in [6.07, 6.45) is 3.17. The lowest BCUT2D eigenvalue weighted by molar-refractivity contribution is -0.135. The van der Waals surface area contributed by atoms with Crippen molar-refractivity contribution in [2.45, 2.75) is 84.2 Å². The second kappa shape index (κ2) is 15.0. The number of methoxy groups -OCH3 is 2. The quantitative estimate of drug-likeness (QED) is 0.144. The van der Waals surface area contributed by atoms with Crippen LogP contribution in [-0.2, 0) is 25.6 Å². The van der Waals surface area contributed by atoms with Crippen LogP contribution in [0.1, 0.15) is 83.2 Å². The van der Waals surface area contributed by atoms with Gasteiger partial charge in [-0.2, -0.15) is 0 Å². The molecule has 4 unspecified atom stereocenters. The van der Waals surface area contributed by atoms with E-state index in [-0.39, 0.29) is 35.9 Å². The van der Waals surface area contributed by atoms with Crippen molar-refractivity contribution in [3.63, 3.8) is 0 Å². The molecule has 4 atom stereocenters. The van der Waals surface area contributed by atoms with Crippen molar-refractivity contribution >= 4 is 39.9 Å². The number of amides is 3. The van der Waals surface area contributed by atoms with Gasteiger partial charge < -0.3 is 39.1 Å². The van der Waals surface area contributed by atoms with Crippen LogP contribution in [0, 0.1) is 11.8 Å². The monoisotopic (exact) mass is 777 g/mol. The molecule has 5 aromatic rings. The van der Waals surface area contributed by atoms with E-state index >= 15 is 0 Å². The molecule has 14 heteroatoms. The molecule has 2 fully saturated rings. The van der Waals surface area contributed by atoms with E-state index in [2.05, 4.69) is 51.7 Å². The van der Waals surface area contributed by atoms with Crippen molar-refractivity contribution in [3.05, 3.63) is 65.9 Å². The average molecular weight is 778 g/mol. The fourth-order valence-corrected chi connectivity index (χ4v) is 8.54. The minimum atomic E-state index is -0.703. The largest absolute Gasteiger partial charge is 0.488 e. The number of carbonyl (C=O) groups is 3. The van der Waals surface area contributed by atoms with Gasteiger partial charge in [-0.05, 0) is 92.3 Å². The maximum absolute atomic E-state index is 13.7. The SMILES string of the molecule is COCC1CC(c2ncc(-c3ccc4c(c3)COc3cc5c(ccc6[nH]c(C7CCCN7C(=O)C(NC(=O)OC)C(C)C)nc65)cc3-4)[nH]2)N(C(=O)OC(C)(C)C)C1. The standard InChI is InChI=1S/C43H51N7O7/c1-23(2)36(48-41(52)55-7)40(51)49-14-8-9-33(49)39-45-31-13-11-25-17-30-28-12-10-26(16-27(28)22-56-35(30)18-29(25)37(31)47-39)32-19-44-38(46-32)34-15-24(21-54-6)20-50(34)42(53)57-43(3,4)5/h10-13,16-19,23-24,33-34,36H,8-9,14-15,20-22H2,1-7H3,(H,44,46)(H,45,47)(H,48,52). The first kappa shape index (κ1) is 38.3. The molecule has 3 aromatic carbocycles. The van der Waals surface area contributed by atoms with Gasteiger partial charge in [0.2, 0.25) is 5.91 Å². The molecule has 0 spiro atoms. The number of alkyl carbamates (subject to hydrolysis) is 1. The summed E-state index contributed by atoms with van der Waals surface area (Å²) in [5, 5.41) is 4.70. The number of hydrogen-bond donors (Lipinski definition) is 3. The van der Waals surface area contributed by atoms with Crippen molar-refractivity contribution in [1.29, 1.82) is 0 Å². The van der Waals surface area contributed by atoms with E-state index in [1.54, 1.807) is 12.0 Å². The topological polar surface area (TPSA) is 164 Å². The summed E-state index contributed by atoms with van der Waals surface area (Å²) in [5.41, 5.74) is 6.08. The third-order valence-corrected chi connectivity index (χ3v) is 11.2. The van der Waals surface area contributed by atoms with E-state index in [9.17, 15) is 14.4 Å². The molecule has 0 aliphatic carbocycles. The maximum Gasteiger partial charge on any atom is 0.410 e. The first-order valence-corrected chi connectivity index (χ1v) is 19.7. The Morgan fingerprint density at radius 2 is 1.82 bits per heavy atom. The molecule has 300 valence electrons. The Balaban J connectivity index is 1.05. The van der Waals surface area contributed by atoms with Crippen molar-refractivity contribution in [1.82, 2.24) is 35.1 Å². The number of ether oxygens (including phenoxy) is 4. The molecule has 0 bridgehead atoms. The van der Waals surface area contributed by atoms with E-state index in [4.69, 9.17) is 28.9 Å². The first-order chi connectivity index (χ1) is 27.3. The number of H-pyrrole nitrogens is 2. The molecule has 14 nitrogen and oxygen atoms in total. The van der Waals surface area contributed by atoms with Gasteiger partial charge in [-0.3, -0.25) is 9.69 Å². The van der Waals surface area contributed by atoms with Crippen LogP contribution in [0.2, 0.25) is 0 Å². The molecule has 5 heterocycles. The highest BCUT2D eigenvalue weighted by Crippen LogP contribution is 2.44. The zero-order chi connectivity index (χ0) is 40.2. The third kappa shape index (κ3) is 7.38. The fraction of sp³-hybridized carbons (Fsp3) is 0.465. The van der Waals surface area contributed by atoms with E-state index in [1.807, 2.05) is 51.8 Å². The number of carbonyl (C=O) groups excluding carboxylic acids is 3. The van der Waals surface area contributed by atoms with E-state index < -0.39 is 17.7 Å². The summed E-state index contributed by atoms with van der Waals surface area (Å²) in [5.74, 6) is 2.14. The fourth-order valence-electron chi connectivity index (χ4n) is 8.54. The van der Waals surface area contributed by atoms with Crippen LogP contribution in [-0.4, -0.2) is 93.4 Å². The molecule has 3 amide bonds. The summed E-state index contributed by atoms with van der Waals surface area (Å²) in [4.78, 5) is 59.4. The minimum Gasteiger partial charge on any atom is -0.488 e. The highest BCUT2D eigenvalue weighted by atomic mass is 16.6. The summed E-state index contributed by atoms with van der Waals surface area (Å²) in [6.45, 7) is 11.5. The Hall–Kier alpha value is -5.63. The van der Waals surface area contributed by atoms with Crippen LogP contribution in [0.25, 0.3) is 44.2 Å². The second-order valence-electron chi connectivity index (χ2n) is 16.7. The molecule has 3 N–H and O–H groups in total. The molecular formula is C43H51N7O7. The van der Waals surface area contributed by atoms with Crippen LogP contribution in [0.3, 0.4) is 0 Å². The van der Waals surface area contributed by atoms with Gasteiger partial charge in [0.05, 0.1) is 48.7 Å². The van der Waals surface area contributed by atoms with E-state index in [0.29, 0.717) is 26.3 Å². The van der Waals surface area contributed by atoms with Crippen molar-refractivity contribution in [2.75, 3.05) is 33.9 Å². The number of rotatable bonds is 8. The number of aromatic nitrogens is 4. The number of likely N-dealkylation sites (tertiary alicyclic amines) is 2.